The Morgan fingerprint density at radius 2 is 2.07 bits per heavy atom. The van der Waals surface area contributed by atoms with Crippen molar-refractivity contribution < 1.29 is 0 Å². The minimum atomic E-state index is 0.813. The average molecular weight is 230 g/mol. The number of nitrogens with one attached hydrogen (secondary N) is 1. The van der Waals surface area contributed by atoms with Gasteiger partial charge in [-0.15, -0.1) is 0 Å². The summed E-state index contributed by atoms with van der Waals surface area (Å²) < 4.78 is 1.99. The third kappa shape index (κ3) is 2.95. The molecule has 0 aliphatic rings. The molecule has 0 radical (unpaired) electrons. The minimum Gasteiger partial charge on any atom is -0.311 e. The maximum Gasteiger partial charge on any atom is 0.0863 e. The summed E-state index contributed by atoms with van der Waals surface area (Å²) in [7, 11) is 0. The third-order valence-electron chi connectivity index (χ3n) is 2.41. The lowest BCUT2D eigenvalue weighted by Crippen LogP contribution is -2.17. The van der Waals surface area contributed by atoms with E-state index in [0.717, 1.165) is 48.9 Å². The molecular weight excluding hydrogens is 210 g/mol. The van der Waals surface area contributed by atoms with Crippen molar-refractivity contribution in [2.45, 2.75) is 46.7 Å². The molecule has 1 aromatic rings. The van der Waals surface area contributed by atoms with Crippen molar-refractivity contribution in [3.05, 3.63) is 16.4 Å². The number of aromatic nitrogens is 2. The number of halogens is 1. The summed E-state index contributed by atoms with van der Waals surface area (Å²) in [6, 6.07) is 0. The van der Waals surface area contributed by atoms with Crippen molar-refractivity contribution in [2.24, 2.45) is 0 Å². The van der Waals surface area contributed by atoms with Gasteiger partial charge in [0, 0.05) is 13.1 Å². The molecule has 1 heterocycles. The van der Waals surface area contributed by atoms with Gasteiger partial charge in [-0.3, -0.25) is 4.68 Å². The predicted octanol–water partition coefficient (Wildman–Crippen LogP) is 2.62. The van der Waals surface area contributed by atoms with Crippen LogP contribution in [0.3, 0.4) is 0 Å². The van der Waals surface area contributed by atoms with Gasteiger partial charge in [0.15, 0.2) is 0 Å². The largest absolute Gasteiger partial charge is 0.311 e. The zero-order valence-electron chi connectivity index (χ0n) is 9.81. The van der Waals surface area contributed by atoms with Gasteiger partial charge in [-0.2, -0.15) is 5.10 Å². The van der Waals surface area contributed by atoms with Crippen LogP contribution in [0, 0.1) is 0 Å². The van der Waals surface area contributed by atoms with Crippen molar-refractivity contribution in [2.75, 3.05) is 6.54 Å². The van der Waals surface area contributed by atoms with Crippen LogP contribution in [0.1, 0.15) is 38.6 Å². The fourth-order valence-corrected chi connectivity index (χ4v) is 1.91. The van der Waals surface area contributed by atoms with Crippen LogP contribution in [0.4, 0.5) is 0 Å². The zero-order chi connectivity index (χ0) is 11.3. The molecule has 0 spiro atoms. The fraction of sp³-hybridized carbons (Fsp3) is 0.727. The van der Waals surface area contributed by atoms with Crippen molar-refractivity contribution in [3.8, 4) is 0 Å². The number of nitrogens with zero attached hydrogens (tertiary/aromatic N) is 2. The molecule has 0 saturated heterocycles. The van der Waals surface area contributed by atoms with E-state index < -0.39 is 0 Å². The Hall–Kier alpha value is -0.540. The van der Waals surface area contributed by atoms with Gasteiger partial charge in [0.25, 0.3) is 0 Å². The number of aryl methyl sites for hydroxylation is 2. The zero-order valence-corrected chi connectivity index (χ0v) is 10.6. The lowest BCUT2D eigenvalue weighted by molar-refractivity contribution is 0.576. The van der Waals surface area contributed by atoms with Crippen molar-refractivity contribution in [1.82, 2.24) is 15.1 Å². The van der Waals surface area contributed by atoms with Gasteiger partial charge >= 0.3 is 0 Å². The average Bonchev–Trinajstić information content (AvgIpc) is 2.56. The molecule has 0 bridgehead atoms. The second-order valence-electron chi connectivity index (χ2n) is 3.55. The van der Waals surface area contributed by atoms with Gasteiger partial charge < -0.3 is 5.32 Å². The summed E-state index contributed by atoms with van der Waals surface area (Å²) >= 11 is 6.26. The Balaban J connectivity index is 2.78. The highest BCUT2D eigenvalue weighted by Gasteiger charge is 2.13. The molecule has 0 saturated carbocycles. The summed E-state index contributed by atoms with van der Waals surface area (Å²) in [5.74, 6) is 0. The number of hydrogen-bond acceptors (Lipinski definition) is 2. The first-order valence-corrected chi connectivity index (χ1v) is 6.07. The summed E-state index contributed by atoms with van der Waals surface area (Å²) in [4.78, 5) is 0. The van der Waals surface area contributed by atoms with E-state index in [-0.39, 0.29) is 0 Å². The Kier molecular flexibility index (Phi) is 5.12. The maximum atomic E-state index is 6.26. The van der Waals surface area contributed by atoms with Crippen LogP contribution in [-0.2, 0) is 19.5 Å². The Bertz CT molecular complexity index is 307. The summed E-state index contributed by atoms with van der Waals surface area (Å²) in [6.07, 6.45) is 2.03. The molecule has 1 N–H and O–H groups in total. The number of hydrogen-bond donors (Lipinski definition) is 1. The van der Waals surface area contributed by atoms with E-state index in [0.29, 0.717) is 0 Å². The van der Waals surface area contributed by atoms with Crippen LogP contribution in [-0.4, -0.2) is 16.3 Å². The molecule has 1 aromatic heterocycles. The van der Waals surface area contributed by atoms with Crippen molar-refractivity contribution >= 4 is 11.6 Å². The third-order valence-corrected chi connectivity index (χ3v) is 2.85. The molecule has 3 nitrogen and oxygen atoms in total. The molecule has 15 heavy (non-hydrogen) atoms. The lowest BCUT2D eigenvalue weighted by Gasteiger charge is -2.06. The van der Waals surface area contributed by atoms with Crippen LogP contribution in [0.2, 0.25) is 5.02 Å². The first-order valence-electron chi connectivity index (χ1n) is 5.69. The van der Waals surface area contributed by atoms with Crippen molar-refractivity contribution in [3.63, 3.8) is 0 Å². The molecule has 0 unspecified atom stereocenters. The van der Waals surface area contributed by atoms with Crippen LogP contribution in [0.25, 0.3) is 0 Å². The topological polar surface area (TPSA) is 29.9 Å². The standard InChI is InChI=1S/C11H20ClN3/c1-4-7-13-8-10-11(12)9(5-2)14-15(10)6-3/h13H,4-8H2,1-3H3. The normalized spacial score (nSPS) is 10.9. The van der Waals surface area contributed by atoms with Crippen LogP contribution < -0.4 is 5.32 Å². The van der Waals surface area contributed by atoms with E-state index in [4.69, 9.17) is 11.6 Å². The molecular formula is C11H20ClN3. The molecule has 0 aliphatic carbocycles. The van der Waals surface area contributed by atoms with E-state index in [9.17, 15) is 0 Å². The first-order chi connectivity index (χ1) is 7.24. The van der Waals surface area contributed by atoms with Gasteiger partial charge in [-0.25, -0.2) is 0 Å². The van der Waals surface area contributed by atoms with Crippen LogP contribution in [0.15, 0.2) is 0 Å². The molecule has 86 valence electrons. The summed E-state index contributed by atoms with van der Waals surface area (Å²) in [6.45, 7) is 9.04. The maximum absolute atomic E-state index is 6.26. The predicted molar refractivity (Wildman–Crippen MR) is 64.3 cm³/mol. The second kappa shape index (κ2) is 6.13. The van der Waals surface area contributed by atoms with Gasteiger partial charge in [0.1, 0.15) is 0 Å². The quantitative estimate of drug-likeness (QED) is 0.760. The van der Waals surface area contributed by atoms with Gasteiger partial charge in [0.05, 0.1) is 16.4 Å². The van der Waals surface area contributed by atoms with Crippen LogP contribution in [0.5, 0.6) is 0 Å². The molecule has 0 fully saturated rings. The highest BCUT2D eigenvalue weighted by Crippen LogP contribution is 2.21. The lowest BCUT2D eigenvalue weighted by atomic mass is 10.3. The van der Waals surface area contributed by atoms with E-state index in [2.05, 4.69) is 31.2 Å². The summed E-state index contributed by atoms with van der Waals surface area (Å²) in [5.41, 5.74) is 2.12. The highest BCUT2D eigenvalue weighted by atomic mass is 35.5. The second-order valence-corrected chi connectivity index (χ2v) is 3.93. The smallest absolute Gasteiger partial charge is 0.0863 e. The molecule has 0 aliphatic heterocycles. The molecule has 0 amide bonds. The first kappa shape index (κ1) is 12.5. The van der Waals surface area contributed by atoms with E-state index in [1.54, 1.807) is 0 Å². The van der Waals surface area contributed by atoms with Gasteiger partial charge in [-0.1, -0.05) is 25.4 Å². The minimum absolute atomic E-state index is 0.813. The van der Waals surface area contributed by atoms with Gasteiger partial charge in [-0.05, 0) is 26.3 Å². The van der Waals surface area contributed by atoms with E-state index in [1.807, 2.05) is 4.68 Å². The molecule has 0 aromatic carbocycles. The SMILES string of the molecule is CCCNCc1c(Cl)c(CC)nn1CC. The fourth-order valence-electron chi connectivity index (χ4n) is 1.57. The Morgan fingerprint density at radius 1 is 1.33 bits per heavy atom. The van der Waals surface area contributed by atoms with E-state index in [1.165, 1.54) is 0 Å². The monoisotopic (exact) mass is 229 g/mol. The molecule has 1 rings (SSSR count). The molecule has 0 atom stereocenters. The van der Waals surface area contributed by atoms with E-state index >= 15 is 0 Å². The number of rotatable bonds is 6. The Morgan fingerprint density at radius 3 is 2.60 bits per heavy atom. The highest BCUT2D eigenvalue weighted by molar-refractivity contribution is 6.31. The Labute approximate surface area is 96.8 Å². The molecule has 4 heteroatoms. The van der Waals surface area contributed by atoms with Crippen molar-refractivity contribution in [1.29, 1.82) is 0 Å². The van der Waals surface area contributed by atoms with Gasteiger partial charge in [0.2, 0.25) is 0 Å². The van der Waals surface area contributed by atoms with Crippen LogP contribution >= 0.6 is 11.6 Å². The summed E-state index contributed by atoms with van der Waals surface area (Å²) in [5, 5.41) is 8.67.